The number of hydrogen-bond donors (Lipinski definition) is 1. The molecule has 0 saturated carbocycles. The summed E-state index contributed by atoms with van der Waals surface area (Å²) in [6, 6.07) is 29.1. The van der Waals surface area contributed by atoms with E-state index >= 15 is 0 Å². The molecule has 3 heterocycles. The van der Waals surface area contributed by atoms with Gasteiger partial charge in [0.2, 0.25) is 0 Å². The van der Waals surface area contributed by atoms with Crippen molar-refractivity contribution in [3.05, 3.63) is 100 Å². The van der Waals surface area contributed by atoms with Crippen LogP contribution in [0.5, 0.6) is 0 Å². The Balaban J connectivity index is 1.39. The van der Waals surface area contributed by atoms with Gasteiger partial charge in [-0.3, -0.25) is 4.99 Å². The number of aromatic nitrogens is 2. The fourth-order valence-electron chi connectivity index (χ4n) is 6.64. The molecular weight excluding hydrogens is 549 g/mol. The summed E-state index contributed by atoms with van der Waals surface area (Å²) in [5.41, 5.74) is 6.81. The van der Waals surface area contributed by atoms with Crippen LogP contribution in [0.25, 0.3) is 28.1 Å². The fraction of sp³-hybridized carbons (Fsp3) is 0.294. The molecule has 2 atom stereocenters. The van der Waals surface area contributed by atoms with Crippen LogP contribution >= 0.6 is 23.2 Å². The quantitative estimate of drug-likeness (QED) is 0.212. The number of halogens is 2. The molecule has 208 valence electrons. The van der Waals surface area contributed by atoms with Crippen molar-refractivity contribution < 1.29 is 0 Å². The van der Waals surface area contributed by atoms with Gasteiger partial charge in [0.1, 0.15) is 0 Å². The predicted octanol–water partition coefficient (Wildman–Crippen LogP) is 8.35. The molecule has 7 rings (SSSR count). The van der Waals surface area contributed by atoms with Crippen molar-refractivity contribution in [2.45, 2.75) is 38.1 Å². The van der Waals surface area contributed by atoms with E-state index in [4.69, 9.17) is 33.2 Å². The maximum Gasteiger partial charge on any atom is 0.0900 e. The van der Waals surface area contributed by atoms with Crippen molar-refractivity contribution in [1.29, 1.82) is 0 Å². The molecule has 1 aliphatic carbocycles. The molecule has 3 aliphatic heterocycles. The van der Waals surface area contributed by atoms with Crippen molar-refractivity contribution >= 4 is 45.6 Å². The van der Waals surface area contributed by atoms with E-state index in [-0.39, 0.29) is 0 Å². The summed E-state index contributed by atoms with van der Waals surface area (Å²) in [5.74, 6) is 0.584. The van der Waals surface area contributed by atoms with E-state index in [2.05, 4.69) is 57.2 Å². The van der Waals surface area contributed by atoms with Gasteiger partial charge in [0.15, 0.2) is 0 Å². The second-order valence-corrected chi connectivity index (χ2v) is 12.1. The predicted molar refractivity (Wildman–Crippen MR) is 170 cm³/mol. The second kappa shape index (κ2) is 11.5. The number of benzene rings is 4. The smallest absolute Gasteiger partial charge is 0.0900 e. The summed E-state index contributed by atoms with van der Waals surface area (Å²) in [6.07, 6.45) is 6.45. The highest BCUT2D eigenvalue weighted by Gasteiger charge is 2.32. The fourth-order valence-corrected chi connectivity index (χ4v) is 6.89. The number of fused-ring (bicyclic) bond motifs is 3. The number of hydrogen-bond acceptors (Lipinski definition) is 4. The van der Waals surface area contributed by atoms with Crippen molar-refractivity contribution in [3.63, 3.8) is 0 Å². The van der Waals surface area contributed by atoms with Crippen LogP contribution in [0.4, 0.5) is 11.4 Å². The van der Waals surface area contributed by atoms with E-state index in [1.165, 1.54) is 45.2 Å². The molecular formula is C34H33Cl2N5. The molecule has 3 aromatic rings. The van der Waals surface area contributed by atoms with E-state index in [1.54, 1.807) is 0 Å². The molecule has 1 N–H and O–H groups in total. The molecule has 4 aliphatic rings. The van der Waals surface area contributed by atoms with Gasteiger partial charge in [-0.25, -0.2) is 4.98 Å². The highest BCUT2D eigenvalue weighted by atomic mass is 35.5. The van der Waals surface area contributed by atoms with Gasteiger partial charge in [0, 0.05) is 34.0 Å². The van der Waals surface area contributed by atoms with Crippen LogP contribution in [-0.2, 0) is 0 Å². The molecule has 0 aromatic heterocycles. The van der Waals surface area contributed by atoms with Crippen LogP contribution in [0.3, 0.4) is 0 Å². The minimum Gasteiger partial charge on any atom is -0.354 e. The minimum absolute atomic E-state index is 0.584. The summed E-state index contributed by atoms with van der Waals surface area (Å²) in [4.78, 5) is 13.1. The summed E-state index contributed by atoms with van der Waals surface area (Å²) >= 11 is 12.5. The zero-order valence-electron chi connectivity index (χ0n) is 22.9. The SMILES string of the molecule is Clc1ccc(Nc2cc3nc4ccccc4n(-c4ccc(Cl)cc4)c-3cc2=NC[C@@H]2CCCN3CCCC[C@H]23)cc1. The van der Waals surface area contributed by atoms with Crippen molar-refractivity contribution in [2.24, 2.45) is 10.9 Å². The maximum atomic E-state index is 6.28. The van der Waals surface area contributed by atoms with Crippen LogP contribution in [-0.4, -0.2) is 40.1 Å². The van der Waals surface area contributed by atoms with E-state index in [9.17, 15) is 0 Å². The number of rotatable bonds is 5. The number of anilines is 2. The number of nitrogens with zero attached hydrogens (tertiary/aromatic N) is 4. The molecule has 3 aromatic carbocycles. The average molecular weight is 583 g/mol. The van der Waals surface area contributed by atoms with Gasteiger partial charge < -0.3 is 14.8 Å². The molecule has 0 unspecified atom stereocenters. The topological polar surface area (TPSA) is 45.5 Å². The lowest BCUT2D eigenvalue weighted by molar-refractivity contribution is 0.0631. The first-order valence-electron chi connectivity index (χ1n) is 14.6. The Labute approximate surface area is 250 Å². The van der Waals surface area contributed by atoms with Gasteiger partial charge in [0.25, 0.3) is 0 Å². The lowest BCUT2D eigenvalue weighted by atomic mass is 9.83. The minimum atomic E-state index is 0.584. The van der Waals surface area contributed by atoms with Gasteiger partial charge in [-0.1, -0.05) is 41.8 Å². The van der Waals surface area contributed by atoms with Gasteiger partial charge in [-0.15, -0.1) is 0 Å². The van der Waals surface area contributed by atoms with Crippen LogP contribution in [0, 0.1) is 5.92 Å². The molecule has 0 amide bonds. The van der Waals surface area contributed by atoms with Crippen LogP contribution in [0.15, 0.2) is 89.9 Å². The molecule has 5 nitrogen and oxygen atoms in total. The van der Waals surface area contributed by atoms with Gasteiger partial charge in [-0.2, -0.15) is 0 Å². The Hall–Kier alpha value is -3.38. The Bertz CT molecular complexity index is 1710. The van der Waals surface area contributed by atoms with E-state index in [1.807, 2.05) is 42.5 Å². The molecule has 7 heteroatoms. The van der Waals surface area contributed by atoms with E-state index in [0.29, 0.717) is 22.0 Å². The number of nitrogens with one attached hydrogen (secondary N) is 1. The molecule has 0 radical (unpaired) electrons. The molecule has 0 bridgehead atoms. The molecule has 41 heavy (non-hydrogen) atoms. The van der Waals surface area contributed by atoms with Gasteiger partial charge >= 0.3 is 0 Å². The maximum absolute atomic E-state index is 6.28. The first-order valence-corrected chi connectivity index (χ1v) is 15.4. The lowest BCUT2D eigenvalue weighted by Gasteiger charge is -2.44. The Morgan fingerprint density at radius 3 is 2.41 bits per heavy atom. The first-order chi connectivity index (χ1) is 20.1. The Morgan fingerprint density at radius 1 is 0.829 bits per heavy atom. The van der Waals surface area contributed by atoms with Crippen molar-refractivity contribution in [3.8, 4) is 17.1 Å². The van der Waals surface area contributed by atoms with Crippen molar-refractivity contribution in [1.82, 2.24) is 14.5 Å². The monoisotopic (exact) mass is 581 g/mol. The Kier molecular flexibility index (Phi) is 7.42. The summed E-state index contributed by atoms with van der Waals surface area (Å²) in [5, 5.41) is 5.99. The van der Waals surface area contributed by atoms with Gasteiger partial charge in [-0.05, 0) is 117 Å². The third-order valence-electron chi connectivity index (χ3n) is 8.63. The molecule has 2 saturated heterocycles. The average Bonchev–Trinajstić information content (AvgIpc) is 3.00. The lowest BCUT2D eigenvalue weighted by Crippen LogP contribution is -2.48. The van der Waals surface area contributed by atoms with Crippen LogP contribution in [0.2, 0.25) is 10.0 Å². The molecule has 2 fully saturated rings. The highest BCUT2D eigenvalue weighted by Crippen LogP contribution is 2.33. The van der Waals surface area contributed by atoms with Crippen LogP contribution < -0.4 is 10.7 Å². The zero-order valence-corrected chi connectivity index (χ0v) is 24.5. The normalized spacial score (nSPS) is 19.9. The largest absolute Gasteiger partial charge is 0.354 e. The third kappa shape index (κ3) is 5.46. The summed E-state index contributed by atoms with van der Waals surface area (Å²) < 4.78 is 2.27. The number of para-hydroxylation sites is 2. The Morgan fingerprint density at radius 2 is 1.59 bits per heavy atom. The standard InChI is InChI=1S/C34H33Cl2N5/c35-24-10-14-26(15-11-24)38-30-20-31-34(21-29(30)37-22-23-6-5-19-40-18-4-3-8-32(23)40)41(27-16-12-25(36)13-17-27)33-9-2-1-7-28(33)39-31/h1-2,7,9-17,20-21,23,32,38H,3-6,8,18-19,22H2/t23-,32+/m0/s1. The second-order valence-electron chi connectivity index (χ2n) is 11.2. The number of piperidine rings is 2. The first kappa shape index (κ1) is 26.5. The van der Waals surface area contributed by atoms with E-state index < -0.39 is 0 Å². The zero-order chi connectivity index (χ0) is 27.8. The van der Waals surface area contributed by atoms with Gasteiger partial charge in [0.05, 0.1) is 33.5 Å². The third-order valence-corrected chi connectivity index (χ3v) is 9.13. The summed E-state index contributed by atoms with van der Waals surface area (Å²) in [7, 11) is 0. The summed E-state index contributed by atoms with van der Waals surface area (Å²) in [6.45, 7) is 3.30. The molecule has 0 spiro atoms. The van der Waals surface area contributed by atoms with Crippen LogP contribution in [0.1, 0.15) is 32.1 Å². The van der Waals surface area contributed by atoms with E-state index in [0.717, 1.165) is 51.4 Å². The highest BCUT2D eigenvalue weighted by molar-refractivity contribution is 6.30. The van der Waals surface area contributed by atoms with Crippen molar-refractivity contribution in [2.75, 3.05) is 25.0 Å².